The largest absolute Gasteiger partial charge is 0.493 e. The number of nitrogens with zero attached hydrogens (tertiary/aromatic N) is 1. The second-order valence-electron chi connectivity index (χ2n) is 6.02. The van der Waals surface area contributed by atoms with Crippen LogP contribution in [-0.2, 0) is 0 Å². The van der Waals surface area contributed by atoms with Gasteiger partial charge in [0.25, 0.3) is 0 Å². The van der Waals surface area contributed by atoms with Crippen LogP contribution in [0.2, 0.25) is 10.0 Å². The highest BCUT2D eigenvalue weighted by molar-refractivity contribution is 6.42. The van der Waals surface area contributed by atoms with Crippen molar-refractivity contribution in [2.24, 2.45) is 0 Å². The van der Waals surface area contributed by atoms with Crippen LogP contribution in [-0.4, -0.2) is 31.7 Å². The van der Waals surface area contributed by atoms with Crippen molar-refractivity contribution in [2.45, 2.75) is 18.9 Å². The number of rotatable bonds is 4. The lowest BCUT2D eigenvalue weighted by Gasteiger charge is -2.26. The average Bonchev–Trinajstić information content (AvgIpc) is 3.14. The van der Waals surface area contributed by atoms with Gasteiger partial charge in [-0.3, -0.25) is 0 Å². The van der Waals surface area contributed by atoms with Gasteiger partial charge in [-0.15, -0.1) is 0 Å². The van der Waals surface area contributed by atoms with E-state index in [2.05, 4.69) is 5.32 Å². The number of likely N-dealkylation sites (tertiary alicyclic amines) is 1. The van der Waals surface area contributed by atoms with Gasteiger partial charge in [0.05, 0.1) is 30.3 Å². The summed E-state index contributed by atoms with van der Waals surface area (Å²) in [7, 11) is 3.20. The molecule has 138 valence electrons. The highest BCUT2D eigenvalue weighted by Gasteiger charge is 2.30. The second kappa shape index (κ2) is 8.06. The molecule has 1 aliphatic rings. The zero-order valence-corrected chi connectivity index (χ0v) is 16.1. The summed E-state index contributed by atoms with van der Waals surface area (Å²) in [5, 5.41) is 3.75. The van der Waals surface area contributed by atoms with E-state index in [0.29, 0.717) is 33.8 Å². The van der Waals surface area contributed by atoms with Gasteiger partial charge in [0.2, 0.25) is 0 Å². The Morgan fingerprint density at radius 2 is 1.85 bits per heavy atom. The van der Waals surface area contributed by atoms with Crippen molar-refractivity contribution in [1.29, 1.82) is 0 Å². The summed E-state index contributed by atoms with van der Waals surface area (Å²) in [6.45, 7) is 0.687. The molecule has 0 aliphatic carbocycles. The molecule has 3 rings (SSSR count). The lowest BCUT2D eigenvalue weighted by Crippen LogP contribution is -2.34. The first-order chi connectivity index (χ1) is 12.5. The Bertz CT molecular complexity index is 813. The van der Waals surface area contributed by atoms with E-state index in [-0.39, 0.29) is 12.1 Å². The summed E-state index contributed by atoms with van der Waals surface area (Å²) in [4.78, 5) is 14.6. The molecule has 0 aromatic heterocycles. The quantitative estimate of drug-likeness (QED) is 0.756. The van der Waals surface area contributed by atoms with Gasteiger partial charge < -0.3 is 19.7 Å². The number of methoxy groups -OCH3 is 2. The number of carbonyl (C=O) groups excluding carboxylic acids is 1. The molecular weight excluding hydrogens is 375 g/mol. The summed E-state index contributed by atoms with van der Waals surface area (Å²) in [6.07, 6.45) is 1.83. The molecule has 1 heterocycles. The number of hydrogen-bond donors (Lipinski definition) is 1. The molecule has 1 fully saturated rings. The zero-order valence-electron chi connectivity index (χ0n) is 14.6. The van der Waals surface area contributed by atoms with Gasteiger partial charge in [-0.1, -0.05) is 29.3 Å². The SMILES string of the molecule is COc1ccc([C@H]2CCCN2C(=O)Nc2ccc(Cl)c(Cl)c2)cc1OC. The third-order valence-corrected chi connectivity index (χ3v) is 5.22. The Balaban J connectivity index is 1.79. The normalized spacial score (nSPS) is 16.5. The maximum Gasteiger partial charge on any atom is 0.322 e. The number of anilines is 1. The van der Waals surface area contributed by atoms with E-state index in [1.807, 2.05) is 23.1 Å². The molecule has 2 aromatic rings. The molecule has 1 N–H and O–H groups in total. The molecular formula is C19H20Cl2N2O3. The molecule has 0 unspecified atom stereocenters. The monoisotopic (exact) mass is 394 g/mol. The fourth-order valence-electron chi connectivity index (χ4n) is 3.19. The van der Waals surface area contributed by atoms with Gasteiger partial charge in [0.15, 0.2) is 11.5 Å². The number of benzene rings is 2. The molecule has 1 aliphatic heterocycles. The summed E-state index contributed by atoms with van der Waals surface area (Å²) in [6, 6.07) is 10.6. The molecule has 1 saturated heterocycles. The first kappa shape index (κ1) is 18.7. The molecule has 7 heteroatoms. The third kappa shape index (κ3) is 3.84. The van der Waals surface area contributed by atoms with Crippen LogP contribution in [0.25, 0.3) is 0 Å². The van der Waals surface area contributed by atoms with Gasteiger partial charge in [-0.25, -0.2) is 4.79 Å². The predicted molar refractivity (Wildman–Crippen MR) is 104 cm³/mol. The van der Waals surface area contributed by atoms with Gasteiger partial charge in [0.1, 0.15) is 0 Å². The summed E-state index contributed by atoms with van der Waals surface area (Å²) < 4.78 is 10.7. The Morgan fingerprint density at radius 3 is 2.54 bits per heavy atom. The standard InChI is InChI=1S/C19H20Cl2N2O3/c1-25-17-8-5-12(10-18(17)26-2)16-4-3-9-23(16)19(24)22-13-6-7-14(20)15(21)11-13/h5-8,10-11,16H,3-4,9H2,1-2H3,(H,22,24)/t16-/m1/s1. The van der Waals surface area contributed by atoms with Crippen LogP contribution in [0.4, 0.5) is 10.5 Å². The Hall–Kier alpha value is -2.11. The maximum absolute atomic E-state index is 12.8. The molecule has 2 aromatic carbocycles. The zero-order chi connectivity index (χ0) is 18.7. The fraction of sp³-hybridized carbons (Fsp3) is 0.316. The molecule has 1 atom stereocenters. The highest BCUT2D eigenvalue weighted by Crippen LogP contribution is 2.37. The van der Waals surface area contributed by atoms with Crippen molar-refractivity contribution >= 4 is 34.9 Å². The average molecular weight is 395 g/mol. The van der Waals surface area contributed by atoms with Gasteiger partial charge in [-0.2, -0.15) is 0 Å². The van der Waals surface area contributed by atoms with E-state index < -0.39 is 0 Å². The van der Waals surface area contributed by atoms with E-state index in [1.54, 1.807) is 32.4 Å². The van der Waals surface area contributed by atoms with Crippen molar-refractivity contribution in [1.82, 2.24) is 4.90 Å². The van der Waals surface area contributed by atoms with Crippen LogP contribution in [0, 0.1) is 0 Å². The first-order valence-corrected chi connectivity index (χ1v) is 9.03. The predicted octanol–water partition coefficient (Wildman–Crippen LogP) is 5.38. The van der Waals surface area contributed by atoms with Crippen molar-refractivity contribution in [3.63, 3.8) is 0 Å². The fourth-order valence-corrected chi connectivity index (χ4v) is 3.48. The van der Waals surface area contributed by atoms with Gasteiger partial charge in [-0.05, 0) is 48.7 Å². The minimum Gasteiger partial charge on any atom is -0.493 e. The smallest absolute Gasteiger partial charge is 0.322 e. The van der Waals surface area contributed by atoms with Crippen molar-refractivity contribution in [3.8, 4) is 11.5 Å². The number of urea groups is 1. The third-order valence-electron chi connectivity index (χ3n) is 4.48. The number of halogens is 2. The van der Waals surface area contributed by atoms with Crippen LogP contribution in [0.5, 0.6) is 11.5 Å². The second-order valence-corrected chi connectivity index (χ2v) is 6.84. The van der Waals surface area contributed by atoms with Crippen LogP contribution in [0.1, 0.15) is 24.4 Å². The van der Waals surface area contributed by atoms with E-state index in [1.165, 1.54) is 0 Å². The van der Waals surface area contributed by atoms with Crippen molar-refractivity contribution in [2.75, 3.05) is 26.1 Å². The van der Waals surface area contributed by atoms with Crippen LogP contribution in [0.15, 0.2) is 36.4 Å². The molecule has 2 amide bonds. The molecule has 26 heavy (non-hydrogen) atoms. The highest BCUT2D eigenvalue weighted by atomic mass is 35.5. The van der Waals surface area contributed by atoms with E-state index in [9.17, 15) is 4.79 Å². The van der Waals surface area contributed by atoms with Crippen LogP contribution < -0.4 is 14.8 Å². The molecule has 0 radical (unpaired) electrons. The lowest BCUT2D eigenvalue weighted by molar-refractivity contribution is 0.207. The first-order valence-electron chi connectivity index (χ1n) is 8.28. The lowest BCUT2D eigenvalue weighted by atomic mass is 10.0. The van der Waals surface area contributed by atoms with E-state index in [4.69, 9.17) is 32.7 Å². The van der Waals surface area contributed by atoms with Gasteiger partial charge in [0, 0.05) is 12.2 Å². The van der Waals surface area contributed by atoms with Gasteiger partial charge >= 0.3 is 6.03 Å². The Morgan fingerprint density at radius 1 is 1.08 bits per heavy atom. The number of amides is 2. The molecule has 0 saturated carbocycles. The summed E-state index contributed by atoms with van der Waals surface area (Å²) in [5.41, 5.74) is 1.63. The number of ether oxygens (including phenoxy) is 2. The number of hydrogen-bond acceptors (Lipinski definition) is 3. The van der Waals surface area contributed by atoms with Crippen LogP contribution in [0.3, 0.4) is 0 Å². The van der Waals surface area contributed by atoms with Crippen LogP contribution >= 0.6 is 23.2 Å². The van der Waals surface area contributed by atoms with Crippen molar-refractivity contribution < 1.29 is 14.3 Å². The Labute approximate surface area is 162 Å². The summed E-state index contributed by atoms with van der Waals surface area (Å²) >= 11 is 11.9. The van der Waals surface area contributed by atoms with E-state index >= 15 is 0 Å². The molecule has 0 spiro atoms. The summed E-state index contributed by atoms with van der Waals surface area (Å²) in [5.74, 6) is 1.32. The maximum atomic E-state index is 12.8. The topological polar surface area (TPSA) is 50.8 Å². The van der Waals surface area contributed by atoms with E-state index in [0.717, 1.165) is 18.4 Å². The minimum atomic E-state index is -0.166. The number of carbonyl (C=O) groups is 1. The Kier molecular flexibility index (Phi) is 5.79. The molecule has 0 bridgehead atoms. The van der Waals surface area contributed by atoms with Crippen molar-refractivity contribution in [3.05, 3.63) is 52.0 Å². The molecule has 5 nitrogen and oxygen atoms in total. The minimum absolute atomic E-state index is 0.0161. The number of nitrogens with one attached hydrogen (secondary N) is 1.